The summed E-state index contributed by atoms with van der Waals surface area (Å²) < 4.78 is 5.69. The van der Waals surface area contributed by atoms with Crippen molar-refractivity contribution < 1.29 is 19.1 Å². The Morgan fingerprint density at radius 2 is 1.86 bits per heavy atom. The zero-order chi connectivity index (χ0) is 15.4. The third kappa shape index (κ3) is 1.91. The molecule has 4 saturated heterocycles. The monoisotopic (exact) mass is 307 g/mol. The standard InChI is InChI=1S/C15H21N3O4/c1-17(8-4-5-16-6-8)11(19)7-18-14(20)12-9-2-3-10(22-9)13(12)15(18)21/h8-10,12-13,16H,2-7H2,1H3. The first-order valence-corrected chi connectivity index (χ1v) is 8.05. The predicted molar refractivity (Wildman–Crippen MR) is 75.6 cm³/mol. The normalized spacial score (nSPS) is 39.7. The van der Waals surface area contributed by atoms with Gasteiger partial charge in [0.25, 0.3) is 0 Å². The van der Waals surface area contributed by atoms with Gasteiger partial charge in [-0.25, -0.2) is 0 Å². The van der Waals surface area contributed by atoms with Gasteiger partial charge in [0.1, 0.15) is 6.54 Å². The zero-order valence-corrected chi connectivity index (χ0v) is 12.7. The Kier molecular flexibility index (Phi) is 3.23. The molecule has 5 atom stereocenters. The van der Waals surface area contributed by atoms with Crippen molar-refractivity contribution in [3.05, 3.63) is 0 Å². The van der Waals surface area contributed by atoms with E-state index in [9.17, 15) is 14.4 Å². The Labute approximate surface area is 128 Å². The fourth-order valence-electron chi connectivity index (χ4n) is 4.35. The number of carbonyl (C=O) groups is 3. The smallest absolute Gasteiger partial charge is 0.242 e. The average molecular weight is 307 g/mol. The molecule has 0 radical (unpaired) electrons. The number of ether oxygens (including phenoxy) is 1. The lowest BCUT2D eigenvalue weighted by atomic mass is 9.81. The number of fused-ring (bicyclic) bond motifs is 5. The van der Waals surface area contributed by atoms with Gasteiger partial charge in [-0.1, -0.05) is 0 Å². The van der Waals surface area contributed by atoms with Crippen molar-refractivity contribution in [2.24, 2.45) is 11.8 Å². The maximum Gasteiger partial charge on any atom is 0.242 e. The molecule has 0 aromatic carbocycles. The van der Waals surface area contributed by atoms with Crippen LogP contribution >= 0.6 is 0 Å². The van der Waals surface area contributed by atoms with Crippen LogP contribution in [0.2, 0.25) is 0 Å². The first-order chi connectivity index (χ1) is 10.6. The molecular weight excluding hydrogens is 286 g/mol. The molecule has 0 aromatic heterocycles. The Balaban J connectivity index is 1.46. The molecule has 7 nitrogen and oxygen atoms in total. The molecule has 7 heteroatoms. The third-order valence-electron chi connectivity index (χ3n) is 5.64. The summed E-state index contributed by atoms with van der Waals surface area (Å²) in [6.07, 6.45) is 2.36. The van der Waals surface area contributed by atoms with Crippen LogP contribution in [0.25, 0.3) is 0 Å². The van der Waals surface area contributed by atoms with Crippen LogP contribution in [0.4, 0.5) is 0 Å². The van der Waals surface area contributed by atoms with E-state index in [1.165, 1.54) is 4.90 Å². The predicted octanol–water partition coefficient (Wildman–Crippen LogP) is -1.03. The summed E-state index contributed by atoms with van der Waals surface area (Å²) >= 11 is 0. The van der Waals surface area contributed by atoms with Crippen LogP contribution in [0.15, 0.2) is 0 Å². The molecule has 0 aromatic rings. The fourth-order valence-corrected chi connectivity index (χ4v) is 4.35. The van der Waals surface area contributed by atoms with Crippen molar-refractivity contribution in [3.8, 4) is 0 Å². The second kappa shape index (κ2) is 5.03. The van der Waals surface area contributed by atoms with Crippen molar-refractivity contribution in [3.63, 3.8) is 0 Å². The minimum absolute atomic E-state index is 0.122. The highest BCUT2D eigenvalue weighted by molar-refractivity contribution is 6.08. The van der Waals surface area contributed by atoms with Crippen LogP contribution in [0.3, 0.4) is 0 Å². The number of rotatable bonds is 3. The van der Waals surface area contributed by atoms with Gasteiger partial charge in [-0.3, -0.25) is 19.3 Å². The van der Waals surface area contributed by atoms with E-state index in [0.717, 1.165) is 32.4 Å². The van der Waals surface area contributed by atoms with E-state index < -0.39 is 0 Å². The molecule has 4 aliphatic heterocycles. The number of carbonyl (C=O) groups excluding carboxylic acids is 3. The van der Waals surface area contributed by atoms with Crippen molar-refractivity contribution in [2.45, 2.75) is 37.5 Å². The van der Waals surface area contributed by atoms with Crippen molar-refractivity contribution in [2.75, 3.05) is 26.7 Å². The van der Waals surface area contributed by atoms with Gasteiger partial charge < -0.3 is 15.0 Å². The van der Waals surface area contributed by atoms with Gasteiger partial charge in [0.2, 0.25) is 17.7 Å². The van der Waals surface area contributed by atoms with Gasteiger partial charge in [-0.05, 0) is 25.8 Å². The highest BCUT2D eigenvalue weighted by Crippen LogP contribution is 2.48. The van der Waals surface area contributed by atoms with E-state index in [-0.39, 0.29) is 54.4 Å². The summed E-state index contributed by atoms with van der Waals surface area (Å²) in [5, 5.41) is 3.21. The lowest BCUT2D eigenvalue weighted by Gasteiger charge is -2.26. The lowest BCUT2D eigenvalue weighted by molar-refractivity contribution is -0.148. The highest BCUT2D eigenvalue weighted by Gasteiger charge is 2.62. The molecule has 0 spiro atoms. The van der Waals surface area contributed by atoms with E-state index in [1.54, 1.807) is 11.9 Å². The fraction of sp³-hybridized carbons (Fsp3) is 0.800. The molecule has 1 N–H and O–H groups in total. The second-order valence-corrected chi connectivity index (χ2v) is 6.76. The quantitative estimate of drug-likeness (QED) is 0.675. The van der Waals surface area contributed by atoms with Crippen molar-refractivity contribution in [1.82, 2.24) is 15.1 Å². The molecule has 22 heavy (non-hydrogen) atoms. The Bertz CT molecular complexity index is 503. The largest absolute Gasteiger partial charge is 0.373 e. The SMILES string of the molecule is CN(C(=O)CN1C(=O)C2C3CCC(O3)C2C1=O)C1CCNC1. The van der Waals surface area contributed by atoms with Crippen LogP contribution in [-0.4, -0.2) is 72.5 Å². The number of nitrogens with zero attached hydrogens (tertiary/aromatic N) is 2. The summed E-state index contributed by atoms with van der Waals surface area (Å²) in [5.41, 5.74) is 0. The van der Waals surface area contributed by atoms with Crippen molar-refractivity contribution >= 4 is 17.7 Å². The average Bonchev–Trinajstić information content (AvgIpc) is 3.27. The van der Waals surface area contributed by atoms with Crippen LogP contribution in [-0.2, 0) is 19.1 Å². The second-order valence-electron chi connectivity index (χ2n) is 6.76. The minimum Gasteiger partial charge on any atom is -0.373 e. The van der Waals surface area contributed by atoms with E-state index in [1.807, 2.05) is 0 Å². The maximum absolute atomic E-state index is 12.5. The summed E-state index contributed by atoms with van der Waals surface area (Å²) in [5.74, 6) is -1.29. The van der Waals surface area contributed by atoms with E-state index in [0.29, 0.717) is 0 Å². The van der Waals surface area contributed by atoms with Gasteiger partial charge in [0.15, 0.2) is 0 Å². The molecular formula is C15H21N3O4. The lowest BCUT2D eigenvalue weighted by Crippen LogP contribution is -2.46. The molecule has 5 unspecified atom stereocenters. The van der Waals surface area contributed by atoms with Crippen molar-refractivity contribution in [1.29, 1.82) is 0 Å². The van der Waals surface area contributed by atoms with Gasteiger partial charge in [-0.15, -0.1) is 0 Å². The first-order valence-electron chi connectivity index (χ1n) is 8.05. The number of nitrogens with one attached hydrogen (secondary N) is 1. The minimum atomic E-state index is -0.350. The molecule has 0 aliphatic carbocycles. The Morgan fingerprint density at radius 1 is 1.23 bits per heavy atom. The Hall–Kier alpha value is -1.47. The summed E-state index contributed by atoms with van der Waals surface area (Å²) in [6, 6.07) is 0.152. The van der Waals surface area contributed by atoms with E-state index in [4.69, 9.17) is 4.74 Å². The molecule has 0 saturated carbocycles. The maximum atomic E-state index is 12.5. The zero-order valence-electron chi connectivity index (χ0n) is 12.7. The topological polar surface area (TPSA) is 79.0 Å². The number of imide groups is 1. The van der Waals surface area contributed by atoms with Crippen LogP contribution in [0, 0.1) is 11.8 Å². The van der Waals surface area contributed by atoms with Crippen LogP contribution < -0.4 is 5.32 Å². The highest BCUT2D eigenvalue weighted by atomic mass is 16.5. The molecule has 4 heterocycles. The summed E-state index contributed by atoms with van der Waals surface area (Å²) in [7, 11) is 1.75. The van der Waals surface area contributed by atoms with Gasteiger partial charge in [0, 0.05) is 19.6 Å². The number of amides is 3. The summed E-state index contributed by atoms with van der Waals surface area (Å²) in [4.78, 5) is 40.3. The number of likely N-dealkylation sites (tertiary alicyclic amines) is 1. The third-order valence-corrected chi connectivity index (χ3v) is 5.64. The summed E-state index contributed by atoms with van der Waals surface area (Å²) in [6.45, 7) is 1.54. The van der Waals surface area contributed by atoms with Gasteiger partial charge >= 0.3 is 0 Å². The number of likely N-dealkylation sites (N-methyl/N-ethyl adjacent to an activating group) is 1. The Morgan fingerprint density at radius 3 is 2.41 bits per heavy atom. The first kappa shape index (κ1) is 14.1. The molecule has 4 fully saturated rings. The molecule has 4 rings (SSSR count). The van der Waals surface area contributed by atoms with Gasteiger partial charge in [0.05, 0.1) is 24.0 Å². The van der Waals surface area contributed by atoms with E-state index in [2.05, 4.69) is 5.32 Å². The van der Waals surface area contributed by atoms with Crippen LogP contribution in [0.5, 0.6) is 0 Å². The number of hydrogen-bond donors (Lipinski definition) is 1. The molecule has 3 amide bonds. The molecule has 2 bridgehead atoms. The molecule has 4 aliphatic rings. The molecule has 120 valence electrons. The van der Waals surface area contributed by atoms with Crippen LogP contribution in [0.1, 0.15) is 19.3 Å². The van der Waals surface area contributed by atoms with Gasteiger partial charge in [-0.2, -0.15) is 0 Å². The van der Waals surface area contributed by atoms with E-state index >= 15 is 0 Å². The number of hydrogen-bond acceptors (Lipinski definition) is 5.